The number of sulfonamides is 1. The molecule has 2 aromatic rings. The van der Waals surface area contributed by atoms with Crippen LogP contribution in [0.15, 0.2) is 65.6 Å². The molecule has 0 aliphatic rings. The van der Waals surface area contributed by atoms with Crippen LogP contribution in [0.25, 0.3) is 0 Å². The fourth-order valence-corrected chi connectivity index (χ4v) is 4.12. The first-order valence-electron chi connectivity index (χ1n) is 9.00. The van der Waals surface area contributed by atoms with Crippen molar-refractivity contribution in [2.45, 2.75) is 37.7 Å². The van der Waals surface area contributed by atoms with Crippen molar-refractivity contribution in [1.82, 2.24) is 4.31 Å². The van der Waals surface area contributed by atoms with Gasteiger partial charge in [0.1, 0.15) is 0 Å². The summed E-state index contributed by atoms with van der Waals surface area (Å²) in [6, 6.07) is 18.2. The molecule has 0 aliphatic heterocycles. The van der Waals surface area contributed by atoms with Crippen molar-refractivity contribution in [1.29, 1.82) is 0 Å². The molecular formula is C21H28NO3S. The summed E-state index contributed by atoms with van der Waals surface area (Å²) in [4.78, 5) is 0.263. The molecule has 0 fully saturated rings. The van der Waals surface area contributed by atoms with Gasteiger partial charge >= 0.3 is 0 Å². The third kappa shape index (κ3) is 6.24. The van der Waals surface area contributed by atoms with E-state index in [1.54, 1.807) is 36.8 Å². The molecule has 1 radical (unpaired) electrons. The van der Waals surface area contributed by atoms with Gasteiger partial charge < -0.3 is 5.11 Å². The van der Waals surface area contributed by atoms with Crippen LogP contribution in [0.5, 0.6) is 0 Å². The molecule has 0 aliphatic carbocycles. The Morgan fingerprint density at radius 3 is 2.15 bits per heavy atom. The van der Waals surface area contributed by atoms with E-state index in [-0.39, 0.29) is 11.4 Å². The van der Waals surface area contributed by atoms with Crippen LogP contribution in [0.4, 0.5) is 0 Å². The molecule has 0 bridgehead atoms. The van der Waals surface area contributed by atoms with Gasteiger partial charge in [0.05, 0.1) is 11.0 Å². The highest BCUT2D eigenvalue weighted by atomic mass is 32.2. The van der Waals surface area contributed by atoms with Crippen molar-refractivity contribution in [3.8, 4) is 0 Å². The molecule has 0 heterocycles. The molecule has 0 spiro atoms. The van der Waals surface area contributed by atoms with Crippen LogP contribution in [0.1, 0.15) is 25.8 Å². The predicted octanol–water partition coefficient (Wildman–Crippen LogP) is 3.53. The Bertz CT molecular complexity index is 745. The molecule has 0 saturated carbocycles. The smallest absolute Gasteiger partial charge is 0.243 e. The minimum Gasteiger partial charge on any atom is -0.391 e. The maximum atomic E-state index is 13.0. The van der Waals surface area contributed by atoms with Crippen LogP contribution in [-0.4, -0.2) is 37.0 Å². The summed E-state index contributed by atoms with van der Waals surface area (Å²) in [5, 5.41) is 10.4. The van der Waals surface area contributed by atoms with Crippen LogP contribution in [-0.2, 0) is 16.4 Å². The molecule has 0 aromatic heterocycles. The Morgan fingerprint density at radius 2 is 1.58 bits per heavy atom. The first-order valence-corrected chi connectivity index (χ1v) is 10.4. The molecule has 0 unspecified atom stereocenters. The lowest BCUT2D eigenvalue weighted by molar-refractivity contribution is 0.169. The average Bonchev–Trinajstić information content (AvgIpc) is 2.64. The molecule has 1 N–H and O–H groups in total. The standard InChI is InChI=1S/C21H28NO3S/c1-18(2)15-16-22(26(24,25)21-11-7-4-8-12-21)17-20(23)14-13-19-9-5-3-6-10-19/h3-12,14,18,20,23H,13,15-17H2,1-2H3/t20-/m1/s1. The maximum Gasteiger partial charge on any atom is 0.243 e. The molecule has 5 heteroatoms. The monoisotopic (exact) mass is 374 g/mol. The fourth-order valence-electron chi connectivity index (χ4n) is 2.62. The van der Waals surface area contributed by atoms with Gasteiger partial charge in [-0.05, 0) is 42.9 Å². The minimum atomic E-state index is -3.62. The summed E-state index contributed by atoms with van der Waals surface area (Å²) < 4.78 is 27.3. The van der Waals surface area contributed by atoms with Crippen LogP contribution in [0.2, 0.25) is 0 Å². The summed E-state index contributed by atoms with van der Waals surface area (Å²) in [7, 11) is -3.62. The van der Waals surface area contributed by atoms with Crippen molar-refractivity contribution >= 4 is 10.0 Å². The predicted molar refractivity (Wildman–Crippen MR) is 105 cm³/mol. The quantitative estimate of drug-likeness (QED) is 0.692. The van der Waals surface area contributed by atoms with E-state index < -0.39 is 16.1 Å². The van der Waals surface area contributed by atoms with E-state index in [0.717, 1.165) is 12.0 Å². The Balaban J connectivity index is 2.06. The van der Waals surface area contributed by atoms with Crippen molar-refractivity contribution in [3.05, 3.63) is 72.6 Å². The highest BCUT2D eigenvalue weighted by molar-refractivity contribution is 7.89. The first kappa shape index (κ1) is 20.6. The second-order valence-corrected chi connectivity index (χ2v) is 8.79. The molecule has 0 saturated heterocycles. The molecule has 141 valence electrons. The molecule has 4 nitrogen and oxygen atoms in total. The van der Waals surface area contributed by atoms with Crippen molar-refractivity contribution in [2.75, 3.05) is 13.1 Å². The number of aliphatic hydroxyl groups excluding tert-OH is 1. The second-order valence-electron chi connectivity index (χ2n) is 6.85. The Hall–Kier alpha value is -1.69. The Kier molecular flexibility index (Phi) is 7.82. The lowest BCUT2D eigenvalue weighted by Crippen LogP contribution is -2.39. The molecule has 2 rings (SSSR count). The topological polar surface area (TPSA) is 57.6 Å². The molecule has 2 aromatic carbocycles. The summed E-state index contributed by atoms with van der Waals surface area (Å²) in [6.45, 7) is 4.58. The third-order valence-electron chi connectivity index (χ3n) is 4.20. The zero-order valence-electron chi connectivity index (χ0n) is 15.5. The Labute approximate surface area is 157 Å². The number of hydrogen-bond acceptors (Lipinski definition) is 3. The minimum absolute atomic E-state index is 0.0663. The van der Waals surface area contributed by atoms with Gasteiger partial charge in [0.15, 0.2) is 0 Å². The van der Waals surface area contributed by atoms with Crippen molar-refractivity contribution in [3.63, 3.8) is 0 Å². The molecular weight excluding hydrogens is 346 g/mol. The van der Waals surface area contributed by atoms with Crippen LogP contribution in [0.3, 0.4) is 0 Å². The van der Waals surface area contributed by atoms with Crippen LogP contribution >= 0.6 is 0 Å². The number of hydrogen-bond donors (Lipinski definition) is 1. The second kappa shape index (κ2) is 9.86. The normalized spacial score (nSPS) is 13.3. The zero-order valence-corrected chi connectivity index (χ0v) is 16.3. The number of aliphatic hydroxyl groups is 1. The molecule has 0 amide bonds. The van der Waals surface area contributed by atoms with Crippen LogP contribution < -0.4 is 0 Å². The lowest BCUT2D eigenvalue weighted by Gasteiger charge is -2.25. The van der Waals surface area contributed by atoms with Crippen molar-refractivity contribution < 1.29 is 13.5 Å². The zero-order chi connectivity index (χ0) is 19.0. The van der Waals surface area contributed by atoms with E-state index in [1.807, 2.05) is 30.3 Å². The van der Waals surface area contributed by atoms with Gasteiger partial charge in [0, 0.05) is 13.1 Å². The van der Waals surface area contributed by atoms with E-state index in [2.05, 4.69) is 13.8 Å². The summed E-state index contributed by atoms with van der Waals surface area (Å²) >= 11 is 0. The first-order chi connectivity index (χ1) is 12.4. The number of benzene rings is 2. The summed E-state index contributed by atoms with van der Waals surface area (Å²) in [5.41, 5.74) is 1.09. The van der Waals surface area contributed by atoms with E-state index in [9.17, 15) is 13.5 Å². The van der Waals surface area contributed by atoms with Gasteiger partial charge in [-0.1, -0.05) is 62.4 Å². The van der Waals surface area contributed by atoms with E-state index in [4.69, 9.17) is 0 Å². The third-order valence-corrected chi connectivity index (χ3v) is 6.08. The number of nitrogens with zero attached hydrogens (tertiary/aromatic N) is 1. The Morgan fingerprint density at radius 1 is 1.00 bits per heavy atom. The van der Waals surface area contributed by atoms with E-state index >= 15 is 0 Å². The lowest BCUT2D eigenvalue weighted by atomic mass is 10.1. The highest BCUT2D eigenvalue weighted by Gasteiger charge is 2.26. The maximum absolute atomic E-state index is 13.0. The van der Waals surface area contributed by atoms with Crippen molar-refractivity contribution in [2.24, 2.45) is 5.92 Å². The van der Waals surface area contributed by atoms with Gasteiger partial charge in [-0.15, -0.1) is 0 Å². The largest absolute Gasteiger partial charge is 0.391 e. The SMILES string of the molecule is CC(C)CCN(C[C@H](O)[CH]Cc1ccccc1)S(=O)(=O)c1ccccc1. The van der Waals surface area contributed by atoms with Gasteiger partial charge in [0.2, 0.25) is 10.0 Å². The van der Waals surface area contributed by atoms with Gasteiger partial charge in [-0.2, -0.15) is 4.31 Å². The highest BCUT2D eigenvalue weighted by Crippen LogP contribution is 2.18. The van der Waals surface area contributed by atoms with Crippen LogP contribution in [0, 0.1) is 12.3 Å². The number of rotatable bonds is 10. The summed E-state index contributed by atoms with van der Waals surface area (Å²) in [5.74, 6) is 0.383. The van der Waals surface area contributed by atoms with Gasteiger partial charge in [-0.3, -0.25) is 0 Å². The molecule has 26 heavy (non-hydrogen) atoms. The van der Waals surface area contributed by atoms with Gasteiger partial charge in [0.25, 0.3) is 0 Å². The average molecular weight is 375 g/mol. The molecule has 1 atom stereocenters. The van der Waals surface area contributed by atoms with Gasteiger partial charge in [-0.25, -0.2) is 8.42 Å². The van der Waals surface area contributed by atoms with E-state index in [0.29, 0.717) is 18.9 Å². The van der Waals surface area contributed by atoms with E-state index in [1.165, 1.54) is 4.31 Å². The summed E-state index contributed by atoms with van der Waals surface area (Å²) in [6.07, 6.45) is 2.29. The fraction of sp³-hybridized carbons (Fsp3) is 0.381.